The molecule has 21 heavy (non-hydrogen) atoms. The van der Waals surface area contributed by atoms with Gasteiger partial charge in [-0.2, -0.15) is 0 Å². The van der Waals surface area contributed by atoms with Crippen molar-refractivity contribution in [3.63, 3.8) is 0 Å². The van der Waals surface area contributed by atoms with Gasteiger partial charge in [0, 0.05) is 5.54 Å². The van der Waals surface area contributed by atoms with E-state index >= 15 is 0 Å². The molecular weight excluding hydrogens is 284 g/mol. The topological polar surface area (TPSA) is 153 Å². The van der Waals surface area contributed by atoms with Crippen LogP contribution in [0.2, 0.25) is 0 Å². The minimum absolute atomic E-state index is 0.553. The molecule has 0 aromatic rings. The van der Waals surface area contributed by atoms with Crippen molar-refractivity contribution in [2.24, 2.45) is 0 Å². The van der Waals surface area contributed by atoms with E-state index in [9.17, 15) is 19.2 Å². The summed E-state index contributed by atoms with van der Waals surface area (Å²) in [5.74, 6) is -5.00. The van der Waals surface area contributed by atoms with Crippen molar-refractivity contribution in [1.82, 2.24) is 10.6 Å². The Morgan fingerprint density at radius 2 is 1.33 bits per heavy atom. The molecule has 0 aromatic heterocycles. The van der Waals surface area contributed by atoms with Crippen LogP contribution in [0.15, 0.2) is 0 Å². The first-order valence-electron chi connectivity index (χ1n) is 6.17. The van der Waals surface area contributed by atoms with E-state index in [0.29, 0.717) is 0 Å². The monoisotopic (exact) mass is 304 g/mol. The molecule has 0 heterocycles. The van der Waals surface area contributed by atoms with Gasteiger partial charge in [-0.3, -0.25) is 14.4 Å². The normalized spacial score (nSPS) is 14.0. The van der Waals surface area contributed by atoms with Crippen LogP contribution in [0.1, 0.15) is 33.6 Å². The highest BCUT2D eigenvalue weighted by Gasteiger charge is 2.30. The lowest BCUT2D eigenvalue weighted by Crippen LogP contribution is -2.55. The molecule has 2 atom stereocenters. The van der Waals surface area contributed by atoms with E-state index in [4.69, 9.17) is 15.3 Å². The number of amides is 1. The maximum atomic E-state index is 12.0. The molecule has 0 spiro atoms. The number of carboxylic acid groups (broad SMARTS) is 3. The summed E-state index contributed by atoms with van der Waals surface area (Å²) in [5, 5.41) is 31.0. The van der Waals surface area contributed by atoms with Crippen LogP contribution in [-0.2, 0) is 19.2 Å². The van der Waals surface area contributed by atoms with Crippen molar-refractivity contribution < 1.29 is 34.5 Å². The molecule has 0 saturated carbocycles. The van der Waals surface area contributed by atoms with E-state index in [1.165, 1.54) is 0 Å². The summed E-state index contributed by atoms with van der Waals surface area (Å²) < 4.78 is 0. The fourth-order valence-electron chi connectivity index (χ4n) is 1.55. The minimum Gasteiger partial charge on any atom is -0.481 e. The largest absolute Gasteiger partial charge is 0.481 e. The molecular formula is C12H20N2O7. The Balaban J connectivity index is 4.96. The Morgan fingerprint density at radius 1 is 0.905 bits per heavy atom. The molecule has 5 N–H and O–H groups in total. The van der Waals surface area contributed by atoms with Crippen LogP contribution >= 0.6 is 0 Å². The predicted octanol–water partition coefficient (Wildman–Crippen LogP) is -0.738. The SMILES string of the molecule is CC(C)(C)NC(CC(=O)O)C(=O)NC(CC(=O)O)C(=O)O. The molecule has 0 aliphatic rings. The van der Waals surface area contributed by atoms with Crippen LogP contribution in [0.5, 0.6) is 0 Å². The van der Waals surface area contributed by atoms with Gasteiger partial charge in [-0.05, 0) is 20.8 Å². The van der Waals surface area contributed by atoms with Crippen LogP contribution < -0.4 is 10.6 Å². The average molecular weight is 304 g/mol. The molecule has 9 nitrogen and oxygen atoms in total. The van der Waals surface area contributed by atoms with Gasteiger partial charge >= 0.3 is 17.9 Å². The first kappa shape index (κ1) is 18.8. The predicted molar refractivity (Wildman–Crippen MR) is 70.7 cm³/mol. The third-order valence-corrected chi connectivity index (χ3v) is 2.30. The molecule has 0 fully saturated rings. The Hall–Kier alpha value is -2.16. The number of carbonyl (C=O) groups excluding carboxylic acids is 1. The zero-order valence-corrected chi connectivity index (χ0v) is 12.0. The highest BCUT2D eigenvalue weighted by atomic mass is 16.4. The standard InChI is InChI=1S/C12H20N2O7/c1-12(2,3)14-6(4-8(15)16)10(19)13-7(11(20)21)5-9(17)18/h6-7,14H,4-5H2,1-3H3,(H,13,19)(H,15,16)(H,17,18)(H,20,21). The van der Waals surface area contributed by atoms with Gasteiger partial charge in [-0.25, -0.2) is 4.79 Å². The molecule has 0 saturated heterocycles. The van der Waals surface area contributed by atoms with Crippen LogP contribution in [-0.4, -0.2) is 56.8 Å². The summed E-state index contributed by atoms with van der Waals surface area (Å²) in [6.45, 7) is 5.13. The molecule has 0 rings (SSSR count). The lowest BCUT2D eigenvalue weighted by atomic mass is 10.0. The number of nitrogens with one attached hydrogen (secondary N) is 2. The van der Waals surface area contributed by atoms with Crippen LogP contribution in [0, 0.1) is 0 Å². The molecule has 1 amide bonds. The highest BCUT2D eigenvalue weighted by Crippen LogP contribution is 2.05. The van der Waals surface area contributed by atoms with Gasteiger partial charge in [0.2, 0.25) is 5.91 Å². The third kappa shape index (κ3) is 8.58. The van der Waals surface area contributed by atoms with Crippen molar-refractivity contribution in [2.75, 3.05) is 0 Å². The quantitative estimate of drug-likeness (QED) is 0.393. The number of carboxylic acids is 3. The average Bonchev–Trinajstić information content (AvgIpc) is 2.23. The smallest absolute Gasteiger partial charge is 0.326 e. The minimum atomic E-state index is -1.62. The van der Waals surface area contributed by atoms with E-state index in [1.54, 1.807) is 20.8 Å². The summed E-state index contributed by atoms with van der Waals surface area (Å²) in [7, 11) is 0. The molecule has 0 radical (unpaired) electrons. The van der Waals surface area contributed by atoms with Crippen molar-refractivity contribution in [2.45, 2.75) is 51.2 Å². The Labute approximate surface area is 121 Å². The van der Waals surface area contributed by atoms with E-state index in [1.807, 2.05) is 5.32 Å². The van der Waals surface area contributed by atoms with Gasteiger partial charge in [0.25, 0.3) is 0 Å². The first-order valence-corrected chi connectivity index (χ1v) is 6.17. The molecule has 9 heteroatoms. The van der Waals surface area contributed by atoms with Gasteiger partial charge < -0.3 is 26.0 Å². The molecule has 2 unspecified atom stereocenters. The molecule has 120 valence electrons. The number of carbonyl (C=O) groups is 4. The van der Waals surface area contributed by atoms with Gasteiger partial charge in [0.05, 0.1) is 18.9 Å². The van der Waals surface area contributed by atoms with E-state index < -0.39 is 54.3 Å². The Bertz CT molecular complexity index is 428. The van der Waals surface area contributed by atoms with Crippen molar-refractivity contribution in [3.05, 3.63) is 0 Å². The fraction of sp³-hybridized carbons (Fsp3) is 0.667. The number of hydrogen-bond donors (Lipinski definition) is 5. The number of aliphatic carboxylic acids is 3. The van der Waals surface area contributed by atoms with Gasteiger partial charge in [0.1, 0.15) is 6.04 Å². The van der Waals surface area contributed by atoms with Crippen molar-refractivity contribution in [1.29, 1.82) is 0 Å². The molecule has 0 bridgehead atoms. The second-order valence-corrected chi connectivity index (χ2v) is 5.54. The summed E-state index contributed by atoms with van der Waals surface area (Å²) >= 11 is 0. The Kier molecular flexibility index (Phi) is 6.80. The zero-order chi connectivity index (χ0) is 16.8. The van der Waals surface area contributed by atoms with E-state index in [2.05, 4.69) is 5.32 Å². The molecule has 0 aliphatic heterocycles. The second kappa shape index (κ2) is 7.58. The van der Waals surface area contributed by atoms with E-state index in [-0.39, 0.29) is 0 Å². The lowest BCUT2D eigenvalue weighted by Gasteiger charge is -2.27. The lowest BCUT2D eigenvalue weighted by molar-refractivity contribution is -0.148. The second-order valence-electron chi connectivity index (χ2n) is 5.54. The van der Waals surface area contributed by atoms with Crippen LogP contribution in [0.3, 0.4) is 0 Å². The summed E-state index contributed by atoms with van der Waals surface area (Å²) in [6, 6.07) is -2.79. The van der Waals surface area contributed by atoms with Crippen LogP contribution in [0.25, 0.3) is 0 Å². The van der Waals surface area contributed by atoms with Gasteiger partial charge in [-0.15, -0.1) is 0 Å². The Morgan fingerprint density at radius 3 is 1.67 bits per heavy atom. The third-order valence-electron chi connectivity index (χ3n) is 2.30. The fourth-order valence-corrected chi connectivity index (χ4v) is 1.55. The summed E-state index contributed by atoms with van der Waals surface area (Å²) in [6.07, 6.45) is -1.35. The van der Waals surface area contributed by atoms with Crippen molar-refractivity contribution >= 4 is 23.8 Å². The number of hydrogen-bond acceptors (Lipinski definition) is 5. The summed E-state index contributed by atoms with van der Waals surface area (Å²) in [4.78, 5) is 44.2. The molecule has 0 aliphatic carbocycles. The molecule has 0 aromatic carbocycles. The highest BCUT2D eigenvalue weighted by molar-refractivity contribution is 5.91. The zero-order valence-electron chi connectivity index (χ0n) is 12.0. The van der Waals surface area contributed by atoms with Gasteiger partial charge in [-0.1, -0.05) is 0 Å². The number of rotatable bonds is 8. The van der Waals surface area contributed by atoms with Crippen molar-refractivity contribution in [3.8, 4) is 0 Å². The summed E-state index contributed by atoms with van der Waals surface area (Å²) in [5.41, 5.74) is -0.580. The van der Waals surface area contributed by atoms with E-state index in [0.717, 1.165) is 0 Å². The van der Waals surface area contributed by atoms with Gasteiger partial charge in [0.15, 0.2) is 0 Å². The first-order chi connectivity index (χ1) is 9.42. The maximum absolute atomic E-state index is 12.0. The maximum Gasteiger partial charge on any atom is 0.326 e. The van der Waals surface area contributed by atoms with Crippen LogP contribution in [0.4, 0.5) is 0 Å².